The molecule has 1 atom stereocenters. The molecule has 1 fully saturated rings. The van der Waals surface area contributed by atoms with Gasteiger partial charge < -0.3 is 4.90 Å². The maximum absolute atomic E-state index is 4.45. The van der Waals surface area contributed by atoms with Gasteiger partial charge in [0.25, 0.3) is 0 Å². The fourth-order valence-corrected chi connectivity index (χ4v) is 2.63. The van der Waals surface area contributed by atoms with Crippen molar-refractivity contribution < 1.29 is 0 Å². The molecule has 2 rings (SSSR count). The van der Waals surface area contributed by atoms with Crippen LogP contribution in [-0.4, -0.2) is 34.4 Å². The molecule has 0 bridgehead atoms. The van der Waals surface area contributed by atoms with Gasteiger partial charge in [-0.2, -0.15) is 4.37 Å². The molecule has 2 heterocycles. The van der Waals surface area contributed by atoms with E-state index in [-0.39, 0.29) is 0 Å². The number of hydrogen-bond donors (Lipinski definition) is 0. The van der Waals surface area contributed by atoms with Gasteiger partial charge in [0.2, 0.25) is 0 Å². The molecule has 0 aromatic carbocycles. The van der Waals surface area contributed by atoms with Crippen molar-refractivity contribution in [1.29, 1.82) is 0 Å². The number of hydrogen-bond acceptors (Lipinski definition) is 4. The van der Waals surface area contributed by atoms with E-state index in [2.05, 4.69) is 21.3 Å². The SMILES string of the molecule is Cc1nsc(C2CCCN(C)C2)n1. The van der Waals surface area contributed by atoms with Gasteiger partial charge in [-0.25, -0.2) is 4.98 Å². The Balaban J connectivity index is 2.08. The molecule has 1 saturated heterocycles. The van der Waals surface area contributed by atoms with Crippen molar-refractivity contribution >= 4 is 11.5 Å². The zero-order chi connectivity index (χ0) is 9.26. The average molecular weight is 197 g/mol. The largest absolute Gasteiger partial charge is 0.306 e. The van der Waals surface area contributed by atoms with Crippen LogP contribution in [0.2, 0.25) is 0 Å². The van der Waals surface area contributed by atoms with Gasteiger partial charge in [0.05, 0.1) is 0 Å². The van der Waals surface area contributed by atoms with Gasteiger partial charge in [-0.15, -0.1) is 0 Å². The first-order valence-corrected chi connectivity index (χ1v) is 5.52. The van der Waals surface area contributed by atoms with Crippen LogP contribution in [0.5, 0.6) is 0 Å². The molecule has 0 spiro atoms. The van der Waals surface area contributed by atoms with Crippen LogP contribution < -0.4 is 0 Å². The molecule has 3 nitrogen and oxygen atoms in total. The predicted molar refractivity (Wildman–Crippen MR) is 54.1 cm³/mol. The molecule has 0 amide bonds. The van der Waals surface area contributed by atoms with Gasteiger partial charge >= 0.3 is 0 Å². The number of aromatic nitrogens is 2. The van der Waals surface area contributed by atoms with Crippen molar-refractivity contribution in [1.82, 2.24) is 14.3 Å². The summed E-state index contributed by atoms with van der Waals surface area (Å²) >= 11 is 1.57. The van der Waals surface area contributed by atoms with Crippen LogP contribution in [-0.2, 0) is 0 Å². The first-order valence-electron chi connectivity index (χ1n) is 4.74. The van der Waals surface area contributed by atoms with Gasteiger partial charge in [-0.1, -0.05) is 0 Å². The third kappa shape index (κ3) is 2.06. The highest BCUT2D eigenvalue weighted by Crippen LogP contribution is 2.26. The Bertz CT molecular complexity index is 284. The monoisotopic (exact) mass is 197 g/mol. The van der Waals surface area contributed by atoms with Crippen LogP contribution in [0.4, 0.5) is 0 Å². The highest BCUT2D eigenvalue weighted by molar-refractivity contribution is 7.05. The fraction of sp³-hybridized carbons (Fsp3) is 0.778. The van der Waals surface area contributed by atoms with Crippen LogP contribution in [0, 0.1) is 6.92 Å². The van der Waals surface area contributed by atoms with E-state index in [1.165, 1.54) is 24.4 Å². The van der Waals surface area contributed by atoms with E-state index in [1.54, 1.807) is 11.5 Å². The predicted octanol–water partition coefficient (Wildman–Crippen LogP) is 1.66. The summed E-state index contributed by atoms with van der Waals surface area (Å²) in [6, 6.07) is 0. The number of likely N-dealkylation sites (N-methyl/N-ethyl adjacent to an activating group) is 1. The van der Waals surface area contributed by atoms with E-state index < -0.39 is 0 Å². The van der Waals surface area contributed by atoms with Crippen molar-refractivity contribution in [3.05, 3.63) is 10.8 Å². The molecule has 72 valence electrons. The van der Waals surface area contributed by atoms with Gasteiger partial charge in [0.1, 0.15) is 10.8 Å². The minimum Gasteiger partial charge on any atom is -0.306 e. The third-order valence-electron chi connectivity index (χ3n) is 2.52. The summed E-state index contributed by atoms with van der Waals surface area (Å²) < 4.78 is 4.23. The third-order valence-corrected chi connectivity index (χ3v) is 3.48. The van der Waals surface area contributed by atoms with Gasteiger partial charge in [0.15, 0.2) is 0 Å². The highest BCUT2D eigenvalue weighted by atomic mass is 32.1. The molecular weight excluding hydrogens is 182 g/mol. The van der Waals surface area contributed by atoms with Crippen LogP contribution in [0.1, 0.15) is 29.6 Å². The molecule has 0 aliphatic carbocycles. The lowest BCUT2D eigenvalue weighted by Crippen LogP contribution is -2.30. The van der Waals surface area contributed by atoms with Crippen LogP contribution in [0.25, 0.3) is 0 Å². The quantitative estimate of drug-likeness (QED) is 0.685. The second kappa shape index (κ2) is 3.72. The topological polar surface area (TPSA) is 29.0 Å². The molecule has 1 unspecified atom stereocenters. The number of aryl methyl sites for hydroxylation is 1. The summed E-state index contributed by atoms with van der Waals surface area (Å²) in [5.41, 5.74) is 0. The number of likely N-dealkylation sites (tertiary alicyclic amines) is 1. The second-order valence-corrected chi connectivity index (χ2v) is 4.56. The Morgan fingerprint density at radius 3 is 3.00 bits per heavy atom. The minimum atomic E-state index is 0.630. The fourth-order valence-electron chi connectivity index (χ4n) is 1.85. The second-order valence-electron chi connectivity index (χ2n) is 3.78. The van der Waals surface area contributed by atoms with Crippen LogP contribution in [0.3, 0.4) is 0 Å². The first-order chi connectivity index (χ1) is 6.25. The summed E-state index contributed by atoms with van der Waals surface area (Å²) in [6.45, 7) is 4.34. The molecule has 1 aromatic heterocycles. The number of rotatable bonds is 1. The van der Waals surface area contributed by atoms with E-state index in [4.69, 9.17) is 0 Å². The lowest BCUT2D eigenvalue weighted by atomic mass is 9.99. The van der Waals surface area contributed by atoms with E-state index in [1.807, 2.05) is 6.92 Å². The van der Waals surface area contributed by atoms with Gasteiger partial charge in [-0.3, -0.25) is 0 Å². The number of nitrogens with zero attached hydrogens (tertiary/aromatic N) is 3. The summed E-state index contributed by atoms with van der Waals surface area (Å²) in [4.78, 5) is 6.83. The first kappa shape index (κ1) is 9.09. The molecule has 1 aliphatic heterocycles. The molecule has 0 radical (unpaired) electrons. The zero-order valence-corrected chi connectivity index (χ0v) is 8.97. The van der Waals surface area contributed by atoms with Crippen LogP contribution in [0.15, 0.2) is 0 Å². The number of piperidine rings is 1. The average Bonchev–Trinajstić information content (AvgIpc) is 2.52. The Morgan fingerprint density at radius 2 is 2.38 bits per heavy atom. The van der Waals surface area contributed by atoms with Gasteiger partial charge in [0, 0.05) is 12.5 Å². The minimum absolute atomic E-state index is 0.630. The van der Waals surface area contributed by atoms with E-state index in [0.717, 1.165) is 12.4 Å². The lowest BCUT2D eigenvalue weighted by Gasteiger charge is -2.27. The van der Waals surface area contributed by atoms with E-state index in [9.17, 15) is 0 Å². The maximum atomic E-state index is 4.45. The Labute approximate surface area is 83.0 Å². The smallest absolute Gasteiger partial charge is 0.139 e. The van der Waals surface area contributed by atoms with Crippen LogP contribution >= 0.6 is 11.5 Å². The standard InChI is InChI=1S/C9H15N3S/c1-7-10-9(13-11-7)8-4-3-5-12(2)6-8/h8H,3-6H2,1-2H3. The Hall–Kier alpha value is -0.480. The molecule has 1 aromatic rings. The lowest BCUT2D eigenvalue weighted by molar-refractivity contribution is 0.250. The van der Waals surface area contributed by atoms with Crippen molar-refractivity contribution in [2.75, 3.05) is 20.1 Å². The molecule has 13 heavy (non-hydrogen) atoms. The summed E-state index contributed by atoms with van der Waals surface area (Å²) in [5.74, 6) is 1.55. The van der Waals surface area contributed by atoms with Crippen molar-refractivity contribution in [2.24, 2.45) is 0 Å². The zero-order valence-electron chi connectivity index (χ0n) is 8.16. The summed E-state index contributed by atoms with van der Waals surface area (Å²) in [6.07, 6.45) is 2.57. The molecule has 0 N–H and O–H groups in total. The maximum Gasteiger partial charge on any atom is 0.139 e. The molecule has 4 heteroatoms. The van der Waals surface area contributed by atoms with Crippen molar-refractivity contribution in [2.45, 2.75) is 25.7 Å². The Kier molecular flexibility index (Phi) is 2.60. The molecule has 0 saturated carbocycles. The van der Waals surface area contributed by atoms with Crippen molar-refractivity contribution in [3.8, 4) is 0 Å². The summed E-state index contributed by atoms with van der Waals surface area (Å²) in [7, 11) is 2.18. The summed E-state index contributed by atoms with van der Waals surface area (Å²) in [5, 5.41) is 1.23. The van der Waals surface area contributed by atoms with Crippen molar-refractivity contribution in [3.63, 3.8) is 0 Å². The van der Waals surface area contributed by atoms with E-state index in [0.29, 0.717) is 5.92 Å². The molecule has 1 aliphatic rings. The Morgan fingerprint density at radius 1 is 1.54 bits per heavy atom. The van der Waals surface area contributed by atoms with E-state index >= 15 is 0 Å². The normalized spacial score (nSPS) is 24.9. The van der Waals surface area contributed by atoms with Gasteiger partial charge in [-0.05, 0) is 44.9 Å². The highest BCUT2D eigenvalue weighted by Gasteiger charge is 2.21. The molecular formula is C9H15N3S.